The molecule has 6 heteroatoms. The fourth-order valence-electron chi connectivity index (χ4n) is 3.13. The highest BCUT2D eigenvalue weighted by molar-refractivity contribution is 7.80. The van der Waals surface area contributed by atoms with E-state index in [1.807, 2.05) is 62.4 Å². The van der Waals surface area contributed by atoms with Gasteiger partial charge in [-0.15, -0.1) is 0 Å². The van der Waals surface area contributed by atoms with Crippen LogP contribution in [0.1, 0.15) is 37.4 Å². The normalized spacial score (nSPS) is 16.2. The SMILES string of the molecule is CCCOc1ccccc1C1NC(=S)NC(C)=C1C(=O)Nc1ccc(C)cc1. The van der Waals surface area contributed by atoms with E-state index in [-0.39, 0.29) is 5.91 Å². The Morgan fingerprint density at radius 3 is 2.57 bits per heavy atom. The molecular formula is C22H25N3O2S. The van der Waals surface area contributed by atoms with Gasteiger partial charge in [0.05, 0.1) is 18.2 Å². The standard InChI is InChI=1S/C22H25N3O2S/c1-4-13-27-18-8-6-5-7-17(18)20-19(15(3)23-22(28)25-20)21(26)24-16-11-9-14(2)10-12-16/h5-12,20H,4,13H2,1-3H3,(H,24,26)(H2,23,25,28). The molecule has 1 aliphatic rings. The van der Waals surface area contributed by atoms with Gasteiger partial charge in [-0.2, -0.15) is 0 Å². The maximum absolute atomic E-state index is 13.1. The third-order valence-corrected chi connectivity index (χ3v) is 4.73. The molecule has 0 spiro atoms. The molecule has 0 saturated heterocycles. The number of carbonyl (C=O) groups excluding carboxylic acids is 1. The average molecular weight is 396 g/mol. The zero-order valence-corrected chi connectivity index (χ0v) is 17.2. The van der Waals surface area contributed by atoms with Crippen molar-refractivity contribution >= 4 is 28.9 Å². The Kier molecular flexibility index (Phi) is 6.31. The summed E-state index contributed by atoms with van der Waals surface area (Å²) in [5, 5.41) is 9.76. The predicted octanol–water partition coefficient (Wildman–Crippen LogP) is 4.22. The van der Waals surface area contributed by atoms with Crippen LogP contribution in [0.25, 0.3) is 0 Å². The van der Waals surface area contributed by atoms with Crippen molar-refractivity contribution in [2.45, 2.75) is 33.2 Å². The lowest BCUT2D eigenvalue weighted by atomic mass is 9.94. The Morgan fingerprint density at radius 2 is 1.86 bits per heavy atom. The number of ether oxygens (including phenoxy) is 1. The predicted molar refractivity (Wildman–Crippen MR) is 116 cm³/mol. The molecule has 3 N–H and O–H groups in total. The van der Waals surface area contributed by atoms with Crippen LogP contribution in [0.2, 0.25) is 0 Å². The van der Waals surface area contributed by atoms with Gasteiger partial charge in [0, 0.05) is 16.9 Å². The molecule has 0 fully saturated rings. The second-order valence-corrected chi connectivity index (χ2v) is 7.18. The second kappa shape index (κ2) is 8.89. The van der Waals surface area contributed by atoms with Gasteiger partial charge >= 0.3 is 0 Å². The van der Waals surface area contributed by atoms with E-state index in [1.165, 1.54) is 0 Å². The lowest BCUT2D eigenvalue weighted by Gasteiger charge is -2.31. The topological polar surface area (TPSA) is 62.4 Å². The summed E-state index contributed by atoms with van der Waals surface area (Å²) < 4.78 is 5.91. The van der Waals surface area contributed by atoms with Gasteiger partial charge in [-0.25, -0.2) is 0 Å². The minimum absolute atomic E-state index is 0.181. The summed E-state index contributed by atoms with van der Waals surface area (Å²) in [7, 11) is 0. The van der Waals surface area contributed by atoms with Crippen molar-refractivity contribution in [2.24, 2.45) is 0 Å². The quantitative estimate of drug-likeness (QED) is 0.640. The van der Waals surface area contributed by atoms with Gasteiger partial charge in [0.1, 0.15) is 5.75 Å². The van der Waals surface area contributed by atoms with Crippen LogP contribution in [-0.2, 0) is 4.79 Å². The van der Waals surface area contributed by atoms with E-state index in [1.54, 1.807) is 0 Å². The number of hydrogen-bond donors (Lipinski definition) is 3. The molecule has 1 unspecified atom stereocenters. The van der Waals surface area contributed by atoms with Gasteiger partial charge in [-0.3, -0.25) is 4.79 Å². The number of para-hydroxylation sites is 1. The van der Waals surface area contributed by atoms with Crippen molar-refractivity contribution in [2.75, 3.05) is 11.9 Å². The third-order valence-electron chi connectivity index (χ3n) is 4.51. The summed E-state index contributed by atoms with van der Waals surface area (Å²) in [4.78, 5) is 13.1. The summed E-state index contributed by atoms with van der Waals surface area (Å²) >= 11 is 5.35. The van der Waals surface area contributed by atoms with Crippen LogP contribution in [0.3, 0.4) is 0 Å². The molecule has 2 aromatic rings. The first-order valence-corrected chi connectivity index (χ1v) is 9.78. The summed E-state index contributed by atoms with van der Waals surface area (Å²) in [5.74, 6) is 0.569. The van der Waals surface area contributed by atoms with E-state index in [0.717, 1.165) is 34.7 Å². The molecule has 1 heterocycles. The first kappa shape index (κ1) is 19.9. The van der Waals surface area contributed by atoms with Crippen molar-refractivity contribution in [3.05, 3.63) is 70.9 Å². The van der Waals surface area contributed by atoms with E-state index in [9.17, 15) is 4.79 Å². The van der Waals surface area contributed by atoms with Gasteiger partial charge in [0.2, 0.25) is 0 Å². The number of rotatable bonds is 6. The zero-order valence-electron chi connectivity index (χ0n) is 16.3. The maximum Gasteiger partial charge on any atom is 0.255 e. The van der Waals surface area contributed by atoms with Crippen LogP contribution in [0.4, 0.5) is 5.69 Å². The molecule has 1 atom stereocenters. The highest BCUT2D eigenvalue weighted by Crippen LogP contribution is 2.33. The Labute approximate surface area is 171 Å². The van der Waals surface area contributed by atoms with Crippen LogP contribution in [0.15, 0.2) is 59.8 Å². The van der Waals surface area contributed by atoms with Crippen LogP contribution in [0.5, 0.6) is 5.75 Å². The number of allylic oxidation sites excluding steroid dienone is 1. The largest absolute Gasteiger partial charge is 0.493 e. The monoisotopic (exact) mass is 395 g/mol. The highest BCUT2D eigenvalue weighted by Gasteiger charge is 2.31. The Bertz CT molecular complexity index is 906. The van der Waals surface area contributed by atoms with E-state index in [4.69, 9.17) is 17.0 Å². The number of carbonyl (C=O) groups is 1. The molecule has 1 amide bonds. The minimum Gasteiger partial charge on any atom is -0.493 e. The molecule has 0 saturated carbocycles. The van der Waals surface area contributed by atoms with Crippen LogP contribution >= 0.6 is 12.2 Å². The van der Waals surface area contributed by atoms with Crippen molar-refractivity contribution in [1.29, 1.82) is 0 Å². The Hall–Kier alpha value is -2.86. The number of aryl methyl sites for hydroxylation is 1. The molecule has 2 aromatic carbocycles. The Balaban J connectivity index is 1.95. The summed E-state index contributed by atoms with van der Waals surface area (Å²) in [6.45, 7) is 6.54. The van der Waals surface area contributed by atoms with Crippen molar-refractivity contribution in [3.8, 4) is 5.75 Å². The smallest absolute Gasteiger partial charge is 0.255 e. The van der Waals surface area contributed by atoms with Crippen LogP contribution in [-0.4, -0.2) is 17.6 Å². The van der Waals surface area contributed by atoms with Crippen molar-refractivity contribution in [1.82, 2.24) is 10.6 Å². The summed E-state index contributed by atoms with van der Waals surface area (Å²) in [6, 6.07) is 15.1. The van der Waals surface area contributed by atoms with Gasteiger partial charge in [0.25, 0.3) is 5.91 Å². The van der Waals surface area contributed by atoms with Gasteiger partial charge < -0.3 is 20.7 Å². The van der Waals surface area contributed by atoms with Gasteiger partial charge in [-0.1, -0.05) is 42.8 Å². The van der Waals surface area contributed by atoms with E-state index < -0.39 is 6.04 Å². The first-order valence-electron chi connectivity index (χ1n) is 9.37. The molecule has 1 aliphatic heterocycles. The number of amides is 1. The van der Waals surface area contributed by atoms with Crippen LogP contribution in [0, 0.1) is 6.92 Å². The van der Waals surface area contributed by atoms with Crippen LogP contribution < -0.4 is 20.7 Å². The molecule has 5 nitrogen and oxygen atoms in total. The molecule has 146 valence electrons. The number of anilines is 1. The van der Waals surface area contributed by atoms with Gasteiger partial charge in [0.15, 0.2) is 5.11 Å². The van der Waals surface area contributed by atoms with Crippen molar-refractivity contribution < 1.29 is 9.53 Å². The minimum atomic E-state index is -0.396. The molecule has 0 bridgehead atoms. The lowest BCUT2D eigenvalue weighted by molar-refractivity contribution is -0.113. The fourth-order valence-corrected chi connectivity index (χ4v) is 3.40. The maximum atomic E-state index is 13.1. The highest BCUT2D eigenvalue weighted by atomic mass is 32.1. The number of nitrogens with one attached hydrogen (secondary N) is 3. The average Bonchev–Trinajstić information content (AvgIpc) is 2.67. The fraction of sp³-hybridized carbons (Fsp3) is 0.273. The third kappa shape index (κ3) is 4.51. The Morgan fingerprint density at radius 1 is 1.14 bits per heavy atom. The molecule has 28 heavy (non-hydrogen) atoms. The molecule has 0 radical (unpaired) electrons. The molecule has 0 aromatic heterocycles. The lowest BCUT2D eigenvalue weighted by Crippen LogP contribution is -2.45. The summed E-state index contributed by atoms with van der Waals surface area (Å²) in [6.07, 6.45) is 0.905. The summed E-state index contributed by atoms with van der Waals surface area (Å²) in [5.41, 5.74) is 4.08. The van der Waals surface area contributed by atoms with E-state index in [0.29, 0.717) is 17.3 Å². The molecule has 0 aliphatic carbocycles. The second-order valence-electron chi connectivity index (χ2n) is 6.78. The zero-order chi connectivity index (χ0) is 20.1. The first-order chi connectivity index (χ1) is 13.5. The number of thiocarbonyl (C=S) groups is 1. The molecular weight excluding hydrogens is 370 g/mol. The molecule has 3 rings (SSSR count). The van der Waals surface area contributed by atoms with E-state index >= 15 is 0 Å². The van der Waals surface area contributed by atoms with E-state index in [2.05, 4.69) is 22.9 Å². The van der Waals surface area contributed by atoms with Gasteiger partial charge in [-0.05, 0) is 50.7 Å². The number of benzene rings is 2. The number of hydrogen-bond acceptors (Lipinski definition) is 3. The van der Waals surface area contributed by atoms with Crippen molar-refractivity contribution in [3.63, 3.8) is 0 Å².